The van der Waals surface area contributed by atoms with Gasteiger partial charge in [0.05, 0.1) is 7.71 Å². The summed E-state index contributed by atoms with van der Waals surface area (Å²) in [5, 5.41) is 2.24. The van der Waals surface area contributed by atoms with Gasteiger partial charge in [-0.1, -0.05) is 48.0 Å². The fraction of sp³-hybridized carbons (Fsp3) is 0.333. The predicted molar refractivity (Wildman–Crippen MR) is 93.0 cm³/mol. The molecule has 1 aromatic carbocycles. The number of alkyl halides is 1. The summed E-state index contributed by atoms with van der Waals surface area (Å²) in [7, 11) is 0. The largest absolute Gasteiger partial charge is 0.137 e. The molecule has 0 amide bonds. The summed E-state index contributed by atoms with van der Waals surface area (Å²) in [4.78, 5) is 0.313. The molecule has 1 aromatic heterocycles. The second kappa shape index (κ2) is 6.53. The van der Waals surface area contributed by atoms with Gasteiger partial charge in [0.2, 0.25) is 0 Å². The highest BCUT2D eigenvalue weighted by molar-refractivity contribution is 14.1. The van der Waals surface area contributed by atoms with E-state index in [1.54, 1.807) is 11.3 Å². The van der Waals surface area contributed by atoms with Crippen LogP contribution in [0.15, 0.2) is 29.6 Å². The van der Waals surface area contributed by atoms with Crippen molar-refractivity contribution in [1.82, 2.24) is 0 Å². The van der Waals surface area contributed by atoms with Crippen molar-refractivity contribution in [3.05, 3.63) is 54.8 Å². The van der Waals surface area contributed by atoms with E-state index >= 15 is 0 Å². The van der Waals surface area contributed by atoms with Crippen molar-refractivity contribution in [2.24, 2.45) is 0 Å². The predicted octanol–water partition coefficient (Wildman–Crippen LogP) is 5.96. The van der Waals surface area contributed by atoms with Gasteiger partial charge >= 0.3 is 0 Å². The monoisotopic (exact) mass is 434 g/mol. The first-order chi connectivity index (χ1) is 8.65. The fourth-order valence-electron chi connectivity index (χ4n) is 2.13. The number of hydrogen-bond donors (Lipinski definition) is 0. The van der Waals surface area contributed by atoms with Crippen molar-refractivity contribution in [3.8, 4) is 0 Å². The first kappa shape index (κ1) is 14.5. The molecule has 0 fully saturated rings. The Hall–Kier alpha value is 0.130. The Morgan fingerprint density at radius 2 is 1.83 bits per heavy atom. The molecule has 1 atom stereocenters. The molecule has 2 rings (SSSR count). The zero-order chi connectivity index (χ0) is 13.1. The molecule has 96 valence electrons. The lowest BCUT2D eigenvalue weighted by molar-refractivity contribution is 1.02. The average molecular weight is 435 g/mol. The van der Waals surface area contributed by atoms with Crippen molar-refractivity contribution in [2.45, 2.75) is 31.5 Å². The lowest BCUT2D eigenvalue weighted by Crippen LogP contribution is -1.96. The molecule has 0 saturated heterocycles. The van der Waals surface area contributed by atoms with Crippen LogP contribution in [0.1, 0.15) is 40.9 Å². The van der Waals surface area contributed by atoms with Crippen LogP contribution >= 0.6 is 49.9 Å². The summed E-state index contributed by atoms with van der Waals surface area (Å²) in [6.45, 7) is 4.45. The number of thiophene rings is 1. The SMILES string of the molecule is CCc1ccc(C(Br)c2csc(I)c2)cc1CC. The van der Waals surface area contributed by atoms with Gasteiger partial charge in [-0.25, -0.2) is 0 Å². The maximum absolute atomic E-state index is 3.82. The highest BCUT2D eigenvalue weighted by atomic mass is 127. The van der Waals surface area contributed by atoms with Crippen molar-refractivity contribution >= 4 is 49.9 Å². The van der Waals surface area contributed by atoms with Gasteiger partial charge in [0.25, 0.3) is 0 Å². The molecule has 1 heterocycles. The maximum atomic E-state index is 3.82. The Morgan fingerprint density at radius 3 is 2.39 bits per heavy atom. The molecule has 0 spiro atoms. The minimum absolute atomic E-state index is 0.313. The first-order valence-electron chi connectivity index (χ1n) is 6.15. The second-order valence-electron chi connectivity index (χ2n) is 4.28. The van der Waals surface area contributed by atoms with Gasteiger partial charge in [-0.2, -0.15) is 0 Å². The van der Waals surface area contributed by atoms with Gasteiger partial charge in [0, 0.05) is 0 Å². The van der Waals surface area contributed by atoms with Crippen molar-refractivity contribution < 1.29 is 0 Å². The van der Waals surface area contributed by atoms with Crippen molar-refractivity contribution in [3.63, 3.8) is 0 Å². The van der Waals surface area contributed by atoms with Crippen LogP contribution in [0.25, 0.3) is 0 Å². The number of halogens is 2. The lowest BCUT2D eigenvalue weighted by atomic mass is 9.97. The smallest absolute Gasteiger partial charge is 0.0656 e. The van der Waals surface area contributed by atoms with Gasteiger partial charge in [0.15, 0.2) is 0 Å². The lowest BCUT2D eigenvalue weighted by Gasteiger charge is -2.13. The van der Waals surface area contributed by atoms with E-state index in [1.165, 1.54) is 25.1 Å². The van der Waals surface area contributed by atoms with E-state index in [0.717, 1.165) is 12.8 Å². The summed E-state index contributed by atoms with van der Waals surface area (Å²) in [5.74, 6) is 0. The Morgan fingerprint density at radius 1 is 1.11 bits per heavy atom. The summed E-state index contributed by atoms with van der Waals surface area (Å²) < 4.78 is 1.34. The normalized spacial score (nSPS) is 12.7. The molecule has 0 aliphatic rings. The fourth-order valence-corrected chi connectivity index (χ4v) is 4.25. The Bertz CT molecular complexity index is 533. The Kier molecular flexibility index (Phi) is 5.27. The number of benzene rings is 1. The van der Waals surface area contributed by atoms with E-state index in [9.17, 15) is 0 Å². The highest BCUT2D eigenvalue weighted by Gasteiger charge is 2.13. The van der Waals surface area contributed by atoms with Crippen LogP contribution in [-0.4, -0.2) is 0 Å². The van der Waals surface area contributed by atoms with E-state index < -0.39 is 0 Å². The zero-order valence-corrected chi connectivity index (χ0v) is 15.1. The van der Waals surface area contributed by atoms with E-state index in [2.05, 4.69) is 82.0 Å². The number of rotatable bonds is 4. The minimum Gasteiger partial charge on any atom is -0.137 e. The third-order valence-corrected chi connectivity index (χ3v) is 6.03. The molecule has 0 aliphatic heterocycles. The zero-order valence-electron chi connectivity index (χ0n) is 10.5. The van der Waals surface area contributed by atoms with E-state index in [-0.39, 0.29) is 0 Å². The average Bonchev–Trinajstić information content (AvgIpc) is 2.83. The van der Waals surface area contributed by atoms with Gasteiger partial charge in [-0.15, -0.1) is 11.3 Å². The van der Waals surface area contributed by atoms with Crippen LogP contribution < -0.4 is 0 Å². The molecule has 0 bridgehead atoms. The molecule has 2 aromatic rings. The summed E-state index contributed by atoms with van der Waals surface area (Å²) in [6.07, 6.45) is 2.23. The second-order valence-corrected chi connectivity index (χ2v) is 8.00. The van der Waals surface area contributed by atoms with Gasteiger partial charge in [0.1, 0.15) is 0 Å². The van der Waals surface area contributed by atoms with Gasteiger partial charge in [-0.3, -0.25) is 0 Å². The molecule has 3 heteroatoms. The summed E-state index contributed by atoms with van der Waals surface area (Å²) in [5.41, 5.74) is 5.67. The molecule has 0 nitrogen and oxygen atoms in total. The van der Waals surface area contributed by atoms with Crippen molar-refractivity contribution in [2.75, 3.05) is 0 Å². The van der Waals surface area contributed by atoms with Crippen LogP contribution in [0.3, 0.4) is 0 Å². The first-order valence-corrected chi connectivity index (χ1v) is 9.02. The van der Waals surface area contributed by atoms with Crippen LogP contribution in [-0.2, 0) is 12.8 Å². The molecule has 0 N–H and O–H groups in total. The molecule has 1 unspecified atom stereocenters. The third-order valence-electron chi connectivity index (χ3n) is 3.17. The highest BCUT2D eigenvalue weighted by Crippen LogP contribution is 2.34. The standard InChI is InChI=1S/C15H16BrIS/c1-3-10-5-6-12(7-11(10)4-2)15(16)13-8-14(17)18-9-13/h5-9,15H,3-4H2,1-2H3. The molecular weight excluding hydrogens is 419 g/mol. The summed E-state index contributed by atoms with van der Waals surface area (Å²) >= 11 is 8.00. The number of hydrogen-bond acceptors (Lipinski definition) is 1. The molecule has 0 saturated carbocycles. The van der Waals surface area contributed by atoms with E-state index in [1.807, 2.05) is 0 Å². The van der Waals surface area contributed by atoms with Crippen LogP contribution in [0.2, 0.25) is 0 Å². The third kappa shape index (κ3) is 3.17. The van der Waals surface area contributed by atoms with Crippen molar-refractivity contribution in [1.29, 1.82) is 0 Å². The Balaban J connectivity index is 2.33. The van der Waals surface area contributed by atoms with Crippen LogP contribution in [0.5, 0.6) is 0 Å². The van der Waals surface area contributed by atoms with E-state index in [0.29, 0.717) is 4.83 Å². The molecular formula is C15H16BrIS. The Labute approximate surface area is 135 Å². The van der Waals surface area contributed by atoms with E-state index in [4.69, 9.17) is 0 Å². The minimum atomic E-state index is 0.313. The van der Waals surface area contributed by atoms with Crippen LogP contribution in [0.4, 0.5) is 0 Å². The summed E-state index contributed by atoms with van der Waals surface area (Å²) in [6, 6.07) is 9.13. The molecule has 0 aliphatic carbocycles. The van der Waals surface area contributed by atoms with Gasteiger partial charge in [-0.05, 0) is 69.1 Å². The molecule has 18 heavy (non-hydrogen) atoms. The maximum Gasteiger partial charge on any atom is 0.0656 e. The topological polar surface area (TPSA) is 0 Å². The van der Waals surface area contributed by atoms with Gasteiger partial charge < -0.3 is 0 Å². The number of aryl methyl sites for hydroxylation is 2. The quantitative estimate of drug-likeness (QED) is 0.411. The molecule has 0 radical (unpaired) electrons. The van der Waals surface area contributed by atoms with Crippen LogP contribution in [0, 0.1) is 2.88 Å².